The van der Waals surface area contributed by atoms with Crippen molar-refractivity contribution in [3.05, 3.63) is 23.8 Å². The van der Waals surface area contributed by atoms with Crippen LogP contribution in [0.5, 0.6) is 0 Å². The molecule has 0 bridgehead atoms. The summed E-state index contributed by atoms with van der Waals surface area (Å²) in [5.74, 6) is 0.378. The van der Waals surface area contributed by atoms with Gasteiger partial charge in [-0.2, -0.15) is 0 Å². The van der Waals surface area contributed by atoms with Crippen LogP contribution in [0.2, 0.25) is 0 Å². The van der Waals surface area contributed by atoms with Gasteiger partial charge in [-0.05, 0) is 32.6 Å². The fourth-order valence-electron chi connectivity index (χ4n) is 4.04. The van der Waals surface area contributed by atoms with Gasteiger partial charge in [0.05, 0.1) is 11.9 Å². The second-order valence-electron chi connectivity index (χ2n) is 7.17. The molecular weight excluding hydrogens is 292 g/mol. The first-order valence-corrected chi connectivity index (χ1v) is 8.46. The molecular formula is C17H22N4O2. The Bertz CT molecular complexity index is 638. The zero-order valence-corrected chi connectivity index (χ0v) is 13.5. The van der Waals surface area contributed by atoms with Gasteiger partial charge in [0.1, 0.15) is 5.69 Å². The Morgan fingerprint density at radius 1 is 1.13 bits per heavy atom. The van der Waals surface area contributed by atoms with E-state index in [4.69, 9.17) is 0 Å². The molecule has 2 saturated heterocycles. The Balaban J connectivity index is 1.41. The van der Waals surface area contributed by atoms with Crippen LogP contribution in [0.25, 0.3) is 0 Å². The quantitative estimate of drug-likeness (QED) is 0.824. The third kappa shape index (κ3) is 2.50. The van der Waals surface area contributed by atoms with E-state index in [9.17, 15) is 9.59 Å². The molecule has 3 aliphatic rings. The standard InChI is InChI=1S/C17H22N4O2/c1-12-9-19-14(10-18-12)16(23)21-7-4-17(11-21)8-13(17)15(22)20-5-2-3-6-20/h9-10,13H,2-8,11H2,1H3/t13-,17+/m0/s1. The Kier molecular flexibility index (Phi) is 3.36. The third-order valence-electron chi connectivity index (χ3n) is 5.58. The zero-order valence-electron chi connectivity index (χ0n) is 13.5. The van der Waals surface area contributed by atoms with E-state index in [1.807, 2.05) is 16.7 Å². The minimum atomic E-state index is -0.0614. The lowest BCUT2D eigenvalue weighted by Crippen LogP contribution is -2.33. The number of carbonyl (C=O) groups excluding carboxylic acids is 2. The fraction of sp³-hybridized carbons (Fsp3) is 0.647. The molecule has 2 aliphatic heterocycles. The number of aryl methyl sites for hydroxylation is 1. The zero-order chi connectivity index (χ0) is 16.0. The predicted molar refractivity (Wildman–Crippen MR) is 83.6 cm³/mol. The molecule has 0 aromatic carbocycles. The largest absolute Gasteiger partial charge is 0.342 e. The van der Waals surface area contributed by atoms with E-state index in [1.54, 1.807) is 12.4 Å². The average molecular weight is 314 g/mol. The summed E-state index contributed by atoms with van der Waals surface area (Å²) in [6.45, 7) is 5.08. The molecule has 1 spiro atoms. The highest BCUT2D eigenvalue weighted by Gasteiger charge is 2.62. The van der Waals surface area contributed by atoms with Crippen molar-refractivity contribution in [2.24, 2.45) is 11.3 Å². The molecule has 2 atom stereocenters. The van der Waals surface area contributed by atoms with Crippen LogP contribution in [0, 0.1) is 18.3 Å². The Hall–Kier alpha value is -1.98. The minimum absolute atomic E-state index is 0.0352. The molecule has 0 unspecified atom stereocenters. The lowest BCUT2D eigenvalue weighted by Gasteiger charge is -2.18. The molecule has 6 heteroatoms. The van der Waals surface area contributed by atoms with Crippen LogP contribution < -0.4 is 0 Å². The summed E-state index contributed by atoms with van der Waals surface area (Å²) in [7, 11) is 0. The molecule has 1 saturated carbocycles. The van der Waals surface area contributed by atoms with Crippen molar-refractivity contribution in [2.75, 3.05) is 26.2 Å². The van der Waals surface area contributed by atoms with Gasteiger partial charge in [-0.15, -0.1) is 0 Å². The molecule has 4 rings (SSSR count). The SMILES string of the molecule is Cc1cnc(C(=O)N2CC[C@@]3(C[C@H]3C(=O)N3CCCC3)C2)cn1. The second-order valence-corrected chi connectivity index (χ2v) is 7.17. The van der Waals surface area contributed by atoms with Crippen molar-refractivity contribution in [3.63, 3.8) is 0 Å². The number of hydrogen-bond donors (Lipinski definition) is 0. The van der Waals surface area contributed by atoms with E-state index in [1.165, 1.54) is 0 Å². The van der Waals surface area contributed by atoms with Gasteiger partial charge in [-0.3, -0.25) is 14.6 Å². The van der Waals surface area contributed by atoms with Gasteiger partial charge in [-0.1, -0.05) is 0 Å². The number of aromatic nitrogens is 2. The molecule has 3 heterocycles. The highest BCUT2D eigenvalue weighted by molar-refractivity contribution is 5.92. The summed E-state index contributed by atoms with van der Waals surface area (Å²) in [6.07, 6.45) is 7.29. The van der Waals surface area contributed by atoms with Crippen LogP contribution in [0.15, 0.2) is 12.4 Å². The van der Waals surface area contributed by atoms with E-state index >= 15 is 0 Å². The van der Waals surface area contributed by atoms with E-state index in [2.05, 4.69) is 9.97 Å². The maximum absolute atomic E-state index is 12.6. The van der Waals surface area contributed by atoms with E-state index in [0.717, 1.165) is 51.0 Å². The Morgan fingerprint density at radius 2 is 1.91 bits per heavy atom. The lowest BCUT2D eigenvalue weighted by molar-refractivity contribution is -0.132. The van der Waals surface area contributed by atoms with Crippen molar-refractivity contribution in [1.82, 2.24) is 19.8 Å². The summed E-state index contributed by atoms with van der Waals surface area (Å²) in [5, 5.41) is 0. The predicted octanol–water partition coefficient (Wildman–Crippen LogP) is 1.26. The normalized spacial score (nSPS) is 29.3. The first-order chi connectivity index (χ1) is 11.1. The topological polar surface area (TPSA) is 66.4 Å². The van der Waals surface area contributed by atoms with Crippen molar-refractivity contribution in [3.8, 4) is 0 Å². The van der Waals surface area contributed by atoms with E-state index in [-0.39, 0.29) is 17.2 Å². The van der Waals surface area contributed by atoms with Gasteiger partial charge in [-0.25, -0.2) is 4.98 Å². The van der Waals surface area contributed by atoms with Crippen LogP contribution in [0.3, 0.4) is 0 Å². The van der Waals surface area contributed by atoms with Gasteiger partial charge < -0.3 is 9.80 Å². The number of likely N-dealkylation sites (tertiary alicyclic amines) is 2. The van der Waals surface area contributed by atoms with Crippen molar-refractivity contribution in [1.29, 1.82) is 0 Å². The van der Waals surface area contributed by atoms with Crippen molar-refractivity contribution >= 4 is 11.8 Å². The van der Waals surface area contributed by atoms with Gasteiger partial charge in [0, 0.05) is 43.7 Å². The molecule has 0 N–H and O–H groups in total. The summed E-state index contributed by atoms with van der Waals surface area (Å²) in [6, 6.07) is 0. The van der Waals surface area contributed by atoms with Gasteiger partial charge in [0.2, 0.25) is 5.91 Å². The molecule has 23 heavy (non-hydrogen) atoms. The molecule has 6 nitrogen and oxygen atoms in total. The van der Waals surface area contributed by atoms with Crippen LogP contribution in [-0.4, -0.2) is 57.8 Å². The number of amides is 2. The molecule has 1 aromatic heterocycles. The van der Waals surface area contributed by atoms with E-state index in [0.29, 0.717) is 18.1 Å². The van der Waals surface area contributed by atoms with Gasteiger partial charge >= 0.3 is 0 Å². The summed E-state index contributed by atoms with van der Waals surface area (Å²) in [5.41, 5.74) is 1.24. The maximum Gasteiger partial charge on any atom is 0.274 e. The summed E-state index contributed by atoms with van der Waals surface area (Å²) in [4.78, 5) is 37.3. The van der Waals surface area contributed by atoms with Gasteiger partial charge in [0.15, 0.2) is 0 Å². The Labute approximate surface area is 135 Å². The summed E-state index contributed by atoms with van der Waals surface area (Å²) >= 11 is 0. The van der Waals surface area contributed by atoms with Crippen LogP contribution in [-0.2, 0) is 4.79 Å². The molecule has 1 aliphatic carbocycles. The maximum atomic E-state index is 12.6. The van der Waals surface area contributed by atoms with Crippen LogP contribution >= 0.6 is 0 Å². The third-order valence-corrected chi connectivity index (χ3v) is 5.58. The molecule has 1 aromatic rings. The monoisotopic (exact) mass is 314 g/mol. The van der Waals surface area contributed by atoms with Crippen molar-refractivity contribution < 1.29 is 9.59 Å². The molecule has 122 valence electrons. The average Bonchev–Trinajstić information content (AvgIpc) is 2.94. The van der Waals surface area contributed by atoms with E-state index < -0.39 is 0 Å². The lowest BCUT2D eigenvalue weighted by atomic mass is 10.0. The van der Waals surface area contributed by atoms with Gasteiger partial charge in [0.25, 0.3) is 5.91 Å². The minimum Gasteiger partial charge on any atom is -0.342 e. The fourth-order valence-corrected chi connectivity index (χ4v) is 4.04. The summed E-state index contributed by atoms with van der Waals surface area (Å²) < 4.78 is 0. The Morgan fingerprint density at radius 3 is 2.61 bits per heavy atom. The molecule has 3 fully saturated rings. The molecule has 0 radical (unpaired) electrons. The first-order valence-electron chi connectivity index (χ1n) is 8.46. The van der Waals surface area contributed by atoms with Crippen LogP contribution in [0.4, 0.5) is 0 Å². The number of rotatable bonds is 2. The highest BCUT2D eigenvalue weighted by atomic mass is 16.2. The smallest absolute Gasteiger partial charge is 0.274 e. The number of carbonyl (C=O) groups is 2. The number of nitrogens with zero attached hydrogens (tertiary/aromatic N) is 4. The molecule has 2 amide bonds. The van der Waals surface area contributed by atoms with Crippen LogP contribution in [0.1, 0.15) is 41.9 Å². The highest BCUT2D eigenvalue weighted by Crippen LogP contribution is 2.59. The van der Waals surface area contributed by atoms with Crippen molar-refractivity contribution in [2.45, 2.75) is 32.6 Å². The second kappa shape index (κ2) is 5.28. The number of hydrogen-bond acceptors (Lipinski definition) is 4. The first kappa shape index (κ1) is 14.6.